The molecule has 0 aliphatic carbocycles. The Morgan fingerprint density at radius 2 is 2.19 bits per heavy atom. The maximum absolute atomic E-state index is 12.4. The van der Waals surface area contributed by atoms with Crippen LogP contribution in [0.3, 0.4) is 0 Å². The molecule has 1 amide bonds. The van der Waals surface area contributed by atoms with Crippen molar-refractivity contribution in [1.82, 2.24) is 14.9 Å². The van der Waals surface area contributed by atoms with E-state index in [0.29, 0.717) is 6.04 Å². The van der Waals surface area contributed by atoms with Gasteiger partial charge in [0.15, 0.2) is 0 Å². The van der Waals surface area contributed by atoms with Gasteiger partial charge in [-0.1, -0.05) is 0 Å². The first-order valence-corrected chi connectivity index (χ1v) is 9.18. The molecule has 1 aromatic heterocycles. The zero-order chi connectivity index (χ0) is 15.6. The van der Waals surface area contributed by atoms with Gasteiger partial charge in [0, 0.05) is 26.2 Å². The van der Waals surface area contributed by atoms with Crippen molar-refractivity contribution in [2.75, 3.05) is 20.6 Å². The molecule has 0 aromatic carbocycles. The lowest BCUT2D eigenvalue weighted by Crippen LogP contribution is -2.46. The van der Waals surface area contributed by atoms with Crippen LogP contribution in [0.2, 0.25) is 0 Å². The lowest BCUT2D eigenvalue weighted by molar-refractivity contribution is 0.0926. The first-order valence-electron chi connectivity index (χ1n) is 6.86. The van der Waals surface area contributed by atoms with Crippen LogP contribution >= 0.6 is 11.3 Å². The van der Waals surface area contributed by atoms with Gasteiger partial charge in [-0.2, -0.15) is 0 Å². The molecular formula is C13H21N3O3S2. The second kappa shape index (κ2) is 6.43. The Balaban J connectivity index is 2.16. The Morgan fingerprint density at radius 1 is 1.48 bits per heavy atom. The SMILES string of the molecule is CC1CC(NC(=O)c2sccc2S(=O)(=O)N(C)C)CCN1. The van der Waals surface area contributed by atoms with Crippen LogP contribution < -0.4 is 10.6 Å². The van der Waals surface area contributed by atoms with E-state index in [1.165, 1.54) is 20.2 Å². The lowest BCUT2D eigenvalue weighted by Gasteiger charge is -2.28. The third-order valence-corrected chi connectivity index (χ3v) is 6.45. The third kappa shape index (κ3) is 3.63. The minimum Gasteiger partial charge on any atom is -0.348 e. The van der Waals surface area contributed by atoms with Crippen molar-refractivity contribution in [3.8, 4) is 0 Å². The average Bonchev–Trinajstić information content (AvgIpc) is 2.88. The van der Waals surface area contributed by atoms with Gasteiger partial charge in [-0.05, 0) is 37.8 Å². The van der Waals surface area contributed by atoms with E-state index in [4.69, 9.17) is 0 Å². The minimum atomic E-state index is -3.59. The molecule has 1 saturated heterocycles. The minimum absolute atomic E-state index is 0.0805. The molecule has 8 heteroatoms. The molecule has 21 heavy (non-hydrogen) atoms. The van der Waals surface area contributed by atoms with E-state index in [-0.39, 0.29) is 21.7 Å². The van der Waals surface area contributed by atoms with Gasteiger partial charge in [-0.3, -0.25) is 4.79 Å². The molecule has 0 bridgehead atoms. The number of hydrogen-bond acceptors (Lipinski definition) is 5. The molecule has 1 aliphatic rings. The van der Waals surface area contributed by atoms with E-state index >= 15 is 0 Å². The van der Waals surface area contributed by atoms with Crippen molar-refractivity contribution in [1.29, 1.82) is 0 Å². The van der Waals surface area contributed by atoms with Crippen molar-refractivity contribution in [2.24, 2.45) is 0 Å². The maximum atomic E-state index is 12.4. The fraction of sp³-hybridized carbons (Fsp3) is 0.615. The summed E-state index contributed by atoms with van der Waals surface area (Å²) in [6, 6.07) is 1.93. The van der Waals surface area contributed by atoms with Crippen LogP contribution in [0.15, 0.2) is 16.3 Å². The van der Waals surface area contributed by atoms with E-state index in [1.54, 1.807) is 5.38 Å². The lowest BCUT2D eigenvalue weighted by atomic mass is 10.0. The number of rotatable bonds is 4. The standard InChI is InChI=1S/C13H21N3O3S2/c1-9-8-10(4-6-14-9)15-13(17)12-11(5-7-20-12)21(18,19)16(2)3/h5,7,9-10,14H,4,6,8H2,1-3H3,(H,15,17). The smallest absolute Gasteiger partial charge is 0.262 e. The summed E-state index contributed by atoms with van der Waals surface area (Å²) in [5.74, 6) is -0.301. The van der Waals surface area contributed by atoms with Crippen LogP contribution in [-0.4, -0.2) is 51.4 Å². The summed E-state index contributed by atoms with van der Waals surface area (Å²) < 4.78 is 25.5. The Bertz CT molecular complexity index is 610. The summed E-state index contributed by atoms with van der Waals surface area (Å²) in [4.78, 5) is 12.7. The summed E-state index contributed by atoms with van der Waals surface area (Å²) in [7, 11) is -0.667. The average molecular weight is 331 g/mol. The predicted octanol–water partition coefficient (Wildman–Crippen LogP) is 0.869. The highest BCUT2D eigenvalue weighted by Crippen LogP contribution is 2.24. The zero-order valence-corrected chi connectivity index (χ0v) is 14.1. The van der Waals surface area contributed by atoms with Crippen LogP contribution in [0.25, 0.3) is 0 Å². The Kier molecular flexibility index (Phi) is 5.03. The van der Waals surface area contributed by atoms with E-state index < -0.39 is 10.0 Å². The van der Waals surface area contributed by atoms with Gasteiger partial charge >= 0.3 is 0 Å². The Morgan fingerprint density at radius 3 is 2.81 bits per heavy atom. The largest absolute Gasteiger partial charge is 0.348 e. The monoisotopic (exact) mass is 331 g/mol. The summed E-state index contributed by atoms with van der Waals surface area (Å²) in [6.07, 6.45) is 1.71. The molecule has 2 rings (SSSR count). The number of thiophene rings is 1. The quantitative estimate of drug-likeness (QED) is 0.858. The van der Waals surface area contributed by atoms with E-state index in [0.717, 1.165) is 35.0 Å². The second-order valence-electron chi connectivity index (χ2n) is 5.45. The van der Waals surface area contributed by atoms with Gasteiger partial charge < -0.3 is 10.6 Å². The van der Waals surface area contributed by atoms with Crippen LogP contribution in [0, 0.1) is 0 Å². The molecule has 1 aromatic rings. The Labute approximate surface area is 129 Å². The van der Waals surface area contributed by atoms with E-state index in [9.17, 15) is 13.2 Å². The maximum Gasteiger partial charge on any atom is 0.262 e. The van der Waals surface area contributed by atoms with E-state index in [2.05, 4.69) is 17.6 Å². The number of carbonyl (C=O) groups excluding carboxylic acids is 1. The van der Waals surface area contributed by atoms with Crippen LogP contribution in [-0.2, 0) is 10.0 Å². The van der Waals surface area contributed by atoms with Crippen LogP contribution in [0.5, 0.6) is 0 Å². The third-order valence-electron chi connectivity index (χ3n) is 3.55. The molecule has 2 atom stereocenters. The summed E-state index contributed by atoms with van der Waals surface area (Å²) in [5.41, 5.74) is 0. The fourth-order valence-electron chi connectivity index (χ4n) is 2.38. The molecule has 1 fully saturated rings. The number of amides is 1. The van der Waals surface area contributed by atoms with Crippen molar-refractivity contribution < 1.29 is 13.2 Å². The summed E-state index contributed by atoms with van der Waals surface area (Å²) in [5, 5.41) is 7.91. The van der Waals surface area contributed by atoms with Crippen molar-refractivity contribution >= 4 is 27.3 Å². The number of sulfonamides is 1. The highest BCUT2D eigenvalue weighted by Gasteiger charge is 2.28. The van der Waals surface area contributed by atoms with E-state index in [1.807, 2.05) is 0 Å². The highest BCUT2D eigenvalue weighted by atomic mass is 32.2. The second-order valence-corrected chi connectivity index (χ2v) is 8.49. The topological polar surface area (TPSA) is 78.5 Å². The van der Waals surface area contributed by atoms with Gasteiger partial charge in [0.05, 0.1) is 0 Å². The van der Waals surface area contributed by atoms with Crippen molar-refractivity contribution in [3.05, 3.63) is 16.3 Å². The van der Waals surface area contributed by atoms with Gasteiger partial charge in [0.2, 0.25) is 10.0 Å². The molecule has 0 radical (unpaired) electrons. The number of nitrogens with zero attached hydrogens (tertiary/aromatic N) is 1. The summed E-state index contributed by atoms with van der Waals surface area (Å²) in [6.45, 7) is 2.94. The molecule has 2 N–H and O–H groups in total. The molecule has 2 heterocycles. The molecule has 1 aliphatic heterocycles. The number of carbonyl (C=O) groups is 1. The van der Waals surface area contributed by atoms with Crippen LogP contribution in [0.4, 0.5) is 0 Å². The molecule has 0 saturated carbocycles. The summed E-state index contributed by atoms with van der Waals surface area (Å²) >= 11 is 1.16. The molecular weight excluding hydrogens is 310 g/mol. The highest BCUT2D eigenvalue weighted by molar-refractivity contribution is 7.89. The van der Waals surface area contributed by atoms with Crippen molar-refractivity contribution in [2.45, 2.75) is 36.7 Å². The first kappa shape index (κ1) is 16.4. The molecule has 0 spiro atoms. The molecule has 118 valence electrons. The number of nitrogens with one attached hydrogen (secondary N) is 2. The molecule has 6 nitrogen and oxygen atoms in total. The van der Waals surface area contributed by atoms with Gasteiger partial charge in [0.1, 0.15) is 9.77 Å². The number of piperidine rings is 1. The van der Waals surface area contributed by atoms with Gasteiger partial charge in [-0.25, -0.2) is 12.7 Å². The van der Waals surface area contributed by atoms with Crippen LogP contribution in [0.1, 0.15) is 29.4 Å². The predicted molar refractivity (Wildman–Crippen MR) is 83.1 cm³/mol. The van der Waals surface area contributed by atoms with Crippen molar-refractivity contribution in [3.63, 3.8) is 0 Å². The normalized spacial score (nSPS) is 23.2. The zero-order valence-electron chi connectivity index (χ0n) is 12.4. The first-order chi connectivity index (χ1) is 9.82. The fourth-order valence-corrected chi connectivity index (χ4v) is 4.57. The molecule has 2 unspecified atom stereocenters. The number of hydrogen-bond donors (Lipinski definition) is 2. The van der Waals surface area contributed by atoms with Gasteiger partial charge in [-0.15, -0.1) is 11.3 Å². The Hall–Kier alpha value is -0.960. The van der Waals surface area contributed by atoms with Gasteiger partial charge in [0.25, 0.3) is 5.91 Å².